The van der Waals surface area contributed by atoms with Gasteiger partial charge in [0.2, 0.25) is 0 Å². The minimum atomic E-state index is 0.285. The molecule has 144 valence electrons. The van der Waals surface area contributed by atoms with E-state index in [1.807, 2.05) is 6.07 Å². The summed E-state index contributed by atoms with van der Waals surface area (Å²) in [6.07, 6.45) is 3.15. The summed E-state index contributed by atoms with van der Waals surface area (Å²) in [5.41, 5.74) is 7.88. The van der Waals surface area contributed by atoms with Crippen LogP contribution < -0.4 is 5.73 Å². The molecule has 3 rings (SSSR count). The highest BCUT2D eigenvalue weighted by Gasteiger charge is 2.39. The number of nitrogens with zero attached hydrogens (tertiary/aromatic N) is 3. The van der Waals surface area contributed by atoms with E-state index < -0.39 is 0 Å². The van der Waals surface area contributed by atoms with Crippen molar-refractivity contribution in [2.45, 2.75) is 0 Å². The average Bonchev–Trinajstić information content (AvgIpc) is 3.16. The van der Waals surface area contributed by atoms with Crippen LogP contribution in [0, 0.1) is 22.7 Å². The topological polar surface area (TPSA) is 92.6 Å². The Kier molecular flexibility index (Phi) is 6.24. The quantitative estimate of drug-likeness (QED) is 0.533. The van der Waals surface area contributed by atoms with E-state index in [0.29, 0.717) is 27.6 Å². The number of aliphatic imine (C=N–C) groups is 1. The number of hydrogen-bond donors (Lipinski definition) is 3. The van der Waals surface area contributed by atoms with Gasteiger partial charge in [0, 0.05) is 56.8 Å². The molecule has 0 radical (unpaired) electrons. The van der Waals surface area contributed by atoms with E-state index in [9.17, 15) is 0 Å². The number of likely N-dealkylation sites (tertiary alicyclic amines) is 2. The highest BCUT2D eigenvalue weighted by atomic mass is 35.5. The molecule has 0 aliphatic carbocycles. The summed E-state index contributed by atoms with van der Waals surface area (Å²) >= 11 is 7.57. The number of rotatable bonds is 3. The minimum absolute atomic E-state index is 0.285. The van der Waals surface area contributed by atoms with Gasteiger partial charge in [0.25, 0.3) is 0 Å². The average molecular weight is 405 g/mol. The third kappa shape index (κ3) is 4.36. The second-order valence-electron chi connectivity index (χ2n) is 7.09. The van der Waals surface area contributed by atoms with Gasteiger partial charge in [0.05, 0.1) is 5.02 Å². The summed E-state index contributed by atoms with van der Waals surface area (Å²) in [4.78, 5) is 8.44. The second-order valence-corrected chi connectivity index (χ2v) is 8.49. The fourth-order valence-corrected chi connectivity index (χ4v) is 4.93. The zero-order valence-corrected chi connectivity index (χ0v) is 17.1. The lowest BCUT2D eigenvalue weighted by Crippen LogP contribution is -2.30. The monoisotopic (exact) mass is 404 g/mol. The summed E-state index contributed by atoms with van der Waals surface area (Å²) in [6.45, 7) is 4.01. The van der Waals surface area contributed by atoms with E-state index in [4.69, 9.17) is 28.2 Å². The maximum atomic E-state index is 8.41. The molecule has 2 aliphatic heterocycles. The Morgan fingerprint density at radius 3 is 2.48 bits per heavy atom. The van der Waals surface area contributed by atoms with E-state index in [0.717, 1.165) is 49.1 Å². The fraction of sp³-hybridized carbons (Fsp3) is 0.421. The number of nitrogens with one attached hydrogen (secondary N) is 2. The number of amidine groups is 1. The zero-order chi connectivity index (χ0) is 19.6. The number of halogens is 1. The molecular formula is C19H25ClN6S. The Balaban J connectivity index is 1.65. The molecule has 0 saturated carbocycles. The van der Waals surface area contributed by atoms with Crippen LogP contribution in [0.2, 0.25) is 5.02 Å². The first-order chi connectivity index (χ1) is 12.9. The van der Waals surface area contributed by atoms with Gasteiger partial charge in [-0.25, -0.2) is 0 Å². The number of fused-ring (bicyclic) bond motifs is 1. The maximum absolute atomic E-state index is 8.41. The van der Waals surface area contributed by atoms with Gasteiger partial charge in [-0.1, -0.05) is 23.7 Å². The fourth-order valence-electron chi connectivity index (χ4n) is 3.84. The molecule has 2 aliphatic rings. The number of hydrogen-bond acceptors (Lipinski definition) is 6. The van der Waals surface area contributed by atoms with Crippen molar-refractivity contribution >= 4 is 45.4 Å². The Morgan fingerprint density at radius 2 is 1.93 bits per heavy atom. The molecular weight excluding hydrogens is 380 g/mol. The molecule has 27 heavy (non-hydrogen) atoms. The van der Waals surface area contributed by atoms with Gasteiger partial charge in [-0.3, -0.25) is 15.8 Å². The van der Waals surface area contributed by atoms with Crippen LogP contribution in [0.5, 0.6) is 0 Å². The smallest absolute Gasteiger partial charge is 0.162 e. The largest absolute Gasteiger partial charge is 0.404 e. The highest BCUT2D eigenvalue weighted by Crippen LogP contribution is 2.33. The van der Waals surface area contributed by atoms with Gasteiger partial charge in [0.1, 0.15) is 5.04 Å². The van der Waals surface area contributed by atoms with Crippen molar-refractivity contribution in [1.29, 1.82) is 10.8 Å². The Labute approximate surface area is 169 Å². The number of nitrogens with two attached hydrogens (primary N) is 1. The molecule has 1 aromatic rings. The normalized spacial score (nSPS) is 23.2. The van der Waals surface area contributed by atoms with Crippen LogP contribution in [0.25, 0.3) is 5.57 Å². The van der Waals surface area contributed by atoms with Gasteiger partial charge in [-0.15, -0.1) is 0 Å². The summed E-state index contributed by atoms with van der Waals surface area (Å²) < 4.78 is 0. The predicted octanol–water partition coefficient (Wildman–Crippen LogP) is 2.83. The zero-order valence-electron chi connectivity index (χ0n) is 15.6. The van der Waals surface area contributed by atoms with Gasteiger partial charge in [-0.2, -0.15) is 0 Å². The van der Waals surface area contributed by atoms with Crippen LogP contribution in [0.3, 0.4) is 0 Å². The van der Waals surface area contributed by atoms with Gasteiger partial charge in [0.15, 0.2) is 5.17 Å². The third-order valence-corrected chi connectivity index (χ3v) is 6.34. The lowest BCUT2D eigenvalue weighted by Gasteiger charge is -2.21. The lowest BCUT2D eigenvalue weighted by atomic mass is 10.0. The summed E-state index contributed by atoms with van der Waals surface area (Å²) in [6, 6.07) is 5.46. The van der Waals surface area contributed by atoms with Crippen molar-refractivity contribution in [2.75, 3.05) is 40.3 Å². The molecule has 2 atom stereocenters. The standard InChI is InChI=1S/C19H25ClN6S/c1-24-7-13(6-21)12-3-4-16(17(20)5-12)18(22)27-19(23)26-10-14-8-25(2)9-15(14)11-26/h3-7,14-15,22-23H,8-11,21H2,1-2H3. The van der Waals surface area contributed by atoms with E-state index in [1.165, 1.54) is 6.20 Å². The van der Waals surface area contributed by atoms with Crippen molar-refractivity contribution < 1.29 is 0 Å². The van der Waals surface area contributed by atoms with E-state index in [1.54, 1.807) is 25.4 Å². The molecule has 8 heteroatoms. The molecule has 1 aromatic carbocycles. The predicted molar refractivity (Wildman–Crippen MR) is 116 cm³/mol. The van der Waals surface area contributed by atoms with E-state index >= 15 is 0 Å². The lowest BCUT2D eigenvalue weighted by molar-refractivity contribution is 0.350. The number of allylic oxidation sites excluding steroid dienone is 1. The molecule has 0 bridgehead atoms. The first kappa shape index (κ1) is 19.9. The highest BCUT2D eigenvalue weighted by molar-refractivity contribution is 8.26. The molecule has 2 heterocycles. The van der Waals surface area contributed by atoms with E-state index in [-0.39, 0.29) is 5.04 Å². The molecule has 6 nitrogen and oxygen atoms in total. The van der Waals surface area contributed by atoms with Crippen LogP contribution in [0.15, 0.2) is 29.4 Å². The van der Waals surface area contributed by atoms with Gasteiger partial charge < -0.3 is 15.5 Å². The van der Waals surface area contributed by atoms with Crippen LogP contribution in [-0.2, 0) is 0 Å². The maximum Gasteiger partial charge on any atom is 0.162 e. The van der Waals surface area contributed by atoms with Crippen LogP contribution in [0.4, 0.5) is 0 Å². The van der Waals surface area contributed by atoms with Crippen molar-refractivity contribution in [3.8, 4) is 0 Å². The Hall–Kier alpha value is -1.83. The Morgan fingerprint density at radius 1 is 1.26 bits per heavy atom. The van der Waals surface area contributed by atoms with Gasteiger partial charge in [-0.05, 0) is 42.3 Å². The first-order valence-corrected chi connectivity index (χ1v) is 10.0. The van der Waals surface area contributed by atoms with Crippen LogP contribution in [0.1, 0.15) is 11.1 Å². The third-order valence-electron chi connectivity index (χ3n) is 5.15. The molecule has 2 unspecified atom stereocenters. The molecule has 0 spiro atoms. The van der Waals surface area contributed by atoms with E-state index in [2.05, 4.69) is 21.8 Å². The van der Waals surface area contributed by atoms with Gasteiger partial charge >= 0.3 is 0 Å². The van der Waals surface area contributed by atoms with Crippen molar-refractivity contribution in [3.63, 3.8) is 0 Å². The SMILES string of the molecule is CN=CC(=CN)c1ccc(C(=N)SC(=N)N2CC3CN(C)CC3C2)c(Cl)c1. The molecule has 2 fully saturated rings. The summed E-state index contributed by atoms with van der Waals surface area (Å²) in [7, 11) is 3.84. The summed E-state index contributed by atoms with van der Waals surface area (Å²) in [5, 5.41) is 18.0. The number of benzene rings is 1. The molecule has 2 saturated heterocycles. The molecule has 0 amide bonds. The van der Waals surface area contributed by atoms with Crippen LogP contribution >= 0.6 is 23.4 Å². The second kappa shape index (κ2) is 8.46. The number of thioether (sulfide) groups is 1. The minimum Gasteiger partial charge on any atom is -0.404 e. The molecule has 4 N–H and O–H groups in total. The summed E-state index contributed by atoms with van der Waals surface area (Å²) in [5.74, 6) is 1.27. The molecule has 0 aromatic heterocycles. The van der Waals surface area contributed by atoms with Crippen molar-refractivity contribution in [1.82, 2.24) is 9.80 Å². The van der Waals surface area contributed by atoms with Crippen molar-refractivity contribution in [3.05, 3.63) is 40.5 Å². The van der Waals surface area contributed by atoms with Crippen molar-refractivity contribution in [2.24, 2.45) is 22.6 Å². The Bertz CT molecular complexity index is 791. The first-order valence-electron chi connectivity index (χ1n) is 8.85. The van der Waals surface area contributed by atoms with Crippen LogP contribution in [-0.4, -0.2) is 66.5 Å².